The largest absolute Gasteiger partial charge is 0.399 e. The number of nitrogen functional groups attached to an aromatic ring is 1. The number of anilines is 2. The Bertz CT molecular complexity index is 561. The van der Waals surface area contributed by atoms with E-state index in [1.807, 2.05) is 18.2 Å². The quantitative estimate of drug-likeness (QED) is 0.836. The fourth-order valence-electron chi connectivity index (χ4n) is 2.40. The number of rotatable bonds is 4. The van der Waals surface area contributed by atoms with Gasteiger partial charge in [0.15, 0.2) is 0 Å². The summed E-state index contributed by atoms with van der Waals surface area (Å²) in [5, 5.41) is 1.12. The van der Waals surface area contributed by atoms with Gasteiger partial charge < -0.3 is 10.6 Å². The number of pyridine rings is 1. The van der Waals surface area contributed by atoms with Crippen molar-refractivity contribution in [1.82, 2.24) is 4.98 Å². The molecule has 94 valence electrons. The van der Waals surface area contributed by atoms with Gasteiger partial charge in [0.25, 0.3) is 0 Å². The summed E-state index contributed by atoms with van der Waals surface area (Å²) in [6.45, 7) is 3.31. The van der Waals surface area contributed by atoms with E-state index in [-0.39, 0.29) is 0 Å². The second kappa shape index (κ2) is 4.48. The maximum Gasteiger partial charge on any atom is 0.129 e. The Hall–Kier alpha value is -1.77. The topological polar surface area (TPSA) is 42.1 Å². The van der Waals surface area contributed by atoms with E-state index >= 15 is 0 Å². The highest BCUT2D eigenvalue weighted by atomic mass is 15.2. The molecule has 0 atom stereocenters. The molecule has 1 fully saturated rings. The van der Waals surface area contributed by atoms with Crippen LogP contribution in [-0.4, -0.2) is 17.6 Å². The van der Waals surface area contributed by atoms with Gasteiger partial charge in [-0.1, -0.05) is 6.92 Å². The second-order valence-corrected chi connectivity index (χ2v) is 5.05. The fraction of sp³-hybridized carbons (Fsp3) is 0.400. The molecule has 0 bridgehead atoms. The molecule has 0 aliphatic heterocycles. The molecule has 1 aromatic carbocycles. The van der Waals surface area contributed by atoms with Gasteiger partial charge in [0.05, 0.1) is 5.52 Å². The van der Waals surface area contributed by atoms with E-state index in [1.54, 1.807) is 0 Å². The van der Waals surface area contributed by atoms with Crippen LogP contribution >= 0.6 is 0 Å². The molecule has 0 amide bonds. The van der Waals surface area contributed by atoms with Crippen molar-refractivity contribution >= 4 is 22.4 Å². The standard InChI is InChI=1S/C15H19N3/c1-2-9-18(13-5-6-13)15-8-3-11-10-12(16)4-7-14(11)17-15/h3-4,7-8,10,13H,2,5-6,9,16H2,1H3. The van der Waals surface area contributed by atoms with Crippen LogP contribution in [0.5, 0.6) is 0 Å². The minimum absolute atomic E-state index is 0.712. The van der Waals surface area contributed by atoms with E-state index in [4.69, 9.17) is 10.7 Å². The molecule has 18 heavy (non-hydrogen) atoms. The van der Waals surface area contributed by atoms with Gasteiger partial charge in [0.1, 0.15) is 5.82 Å². The van der Waals surface area contributed by atoms with Gasteiger partial charge in [-0.05, 0) is 49.6 Å². The lowest BCUT2D eigenvalue weighted by Crippen LogP contribution is -2.27. The first-order chi connectivity index (χ1) is 8.78. The molecule has 1 aromatic heterocycles. The maximum atomic E-state index is 5.79. The van der Waals surface area contributed by atoms with E-state index in [2.05, 4.69) is 24.0 Å². The first-order valence-electron chi connectivity index (χ1n) is 6.71. The van der Waals surface area contributed by atoms with Crippen LogP contribution in [0.1, 0.15) is 26.2 Å². The minimum atomic E-state index is 0.712. The highest BCUT2D eigenvalue weighted by Gasteiger charge is 2.29. The summed E-state index contributed by atoms with van der Waals surface area (Å²) in [7, 11) is 0. The molecular formula is C15H19N3. The molecule has 1 aliphatic rings. The zero-order chi connectivity index (χ0) is 12.5. The smallest absolute Gasteiger partial charge is 0.129 e. The average Bonchev–Trinajstić information content (AvgIpc) is 3.20. The van der Waals surface area contributed by atoms with Crippen LogP contribution < -0.4 is 10.6 Å². The van der Waals surface area contributed by atoms with E-state index in [0.717, 1.165) is 35.4 Å². The summed E-state index contributed by atoms with van der Waals surface area (Å²) >= 11 is 0. The molecule has 0 radical (unpaired) electrons. The molecule has 1 aliphatic carbocycles. The van der Waals surface area contributed by atoms with Gasteiger partial charge in [0.2, 0.25) is 0 Å². The third-order valence-corrected chi connectivity index (χ3v) is 3.44. The molecular weight excluding hydrogens is 222 g/mol. The summed E-state index contributed by atoms with van der Waals surface area (Å²) < 4.78 is 0. The van der Waals surface area contributed by atoms with Gasteiger partial charge in [0, 0.05) is 23.7 Å². The average molecular weight is 241 g/mol. The normalized spacial score (nSPS) is 14.9. The van der Waals surface area contributed by atoms with Crippen LogP contribution in [0.2, 0.25) is 0 Å². The van der Waals surface area contributed by atoms with Gasteiger partial charge in [-0.15, -0.1) is 0 Å². The van der Waals surface area contributed by atoms with Crippen LogP contribution in [0.25, 0.3) is 10.9 Å². The molecule has 0 spiro atoms. The van der Waals surface area contributed by atoms with Crippen LogP contribution in [0, 0.1) is 0 Å². The summed E-state index contributed by atoms with van der Waals surface area (Å²) in [5.41, 5.74) is 7.62. The Morgan fingerprint density at radius 2 is 2.11 bits per heavy atom. The van der Waals surface area contributed by atoms with E-state index in [0.29, 0.717) is 6.04 Å². The first kappa shape index (κ1) is 11.3. The minimum Gasteiger partial charge on any atom is -0.399 e. The third kappa shape index (κ3) is 2.13. The molecule has 0 saturated heterocycles. The maximum absolute atomic E-state index is 5.79. The zero-order valence-electron chi connectivity index (χ0n) is 10.8. The Kier molecular flexibility index (Phi) is 2.82. The summed E-state index contributed by atoms with van der Waals surface area (Å²) in [4.78, 5) is 7.21. The molecule has 2 N–H and O–H groups in total. The molecule has 3 heteroatoms. The van der Waals surface area contributed by atoms with Crippen molar-refractivity contribution < 1.29 is 0 Å². The van der Waals surface area contributed by atoms with Crippen LogP contribution in [0.4, 0.5) is 11.5 Å². The summed E-state index contributed by atoms with van der Waals surface area (Å²) in [6, 6.07) is 10.9. The number of hydrogen-bond donors (Lipinski definition) is 1. The van der Waals surface area contributed by atoms with Crippen molar-refractivity contribution in [2.45, 2.75) is 32.2 Å². The van der Waals surface area contributed by atoms with Crippen molar-refractivity contribution in [1.29, 1.82) is 0 Å². The Morgan fingerprint density at radius 1 is 1.28 bits per heavy atom. The van der Waals surface area contributed by atoms with Crippen molar-refractivity contribution in [2.75, 3.05) is 17.2 Å². The van der Waals surface area contributed by atoms with Crippen LogP contribution in [0.3, 0.4) is 0 Å². The zero-order valence-corrected chi connectivity index (χ0v) is 10.8. The number of nitrogens with two attached hydrogens (primary N) is 1. The third-order valence-electron chi connectivity index (χ3n) is 3.44. The predicted molar refractivity (Wildman–Crippen MR) is 76.8 cm³/mol. The predicted octanol–water partition coefficient (Wildman–Crippen LogP) is 3.20. The van der Waals surface area contributed by atoms with E-state index in [1.165, 1.54) is 12.8 Å². The van der Waals surface area contributed by atoms with Crippen molar-refractivity contribution in [3.05, 3.63) is 30.3 Å². The van der Waals surface area contributed by atoms with Gasteiger partial charge in [-0.25, -0.2) is 4.98 Å². The van der Waals surface area contributed by atoms with Crippen LogP contribution in [-0.2, 0) is 0 Å². The van der Waals surface area contributed by atoms with Gasteiger partial charge in [-0.3, -0.25) is 0 Å². The van der Waals surface area contributed by atoms with Gasteiger partial charge >= 0.3 is 0 Å². The lowest BCUT2D eigenvalue weighted by molar-refractivity contribution is 0.752. The SMILES string of the molecule is CCCN(c1ccc2cc(N)ccc2n1)C1CC1. The van der Waals surface area contributed by atoms with E-state index in [9.17, 15) is 0 Å². The van der Waals surface area contributed by atoms with Crippen LogP contribution in [0.15, 0.2) is 30.3 Å². The number of benzene rings is 1. The first-order valence-corrected chi connectivity index (χ1v) is 6.71. The lowest BCUT2D eigenvalue weighted by Gasteiger charge is -2.23. The second-order valence-electron chi connectivity index (χ2n) is 5.05. The number of hydrogen-bond acceptors (Lipinski definition) is 3. The monoisotopic (exact) mass is 241 g/mol. The van der Waals surface area contributed by atoms with E-state index < -0.39 is 0 Å². The van der Waals surface area contributed by atoms with Crippen molar-refractivity contribution in [3.8, 4) is 0 Å². The number of nitrogens with zero attached hydrogens (tertiary/aromatic N) is 2. The molecule has 3 nitrogen and oxygen atoms in total. The number of aromatic nitrogens is 1. The van der Waals surface area contributed by atoms with Crippen molar-refractivity contribution in [3.63, 3.8) is 0 Å². The van der Waals surface area contributed by atoms with Crippen molar-refractivity contribution in [2.24, 2.45) is 0 Å². The van der Waals surface area contributed by atoms with Gasteiger partial charge in [-0.2, -0.15) is 0 Å². The summed E-state index contributed by atoms with van der Waals surface area (Å²) in [5.74, 6) is 1.11. The lowest BCUT2D eigenvalue weighted by atomic mass is 10.2. The summed E-state index contributed by atoms with van der Waals surface area (Å²) in [6.07, 6.45) is 3.78. The Labute approximate surface area is 108 Å². The fourth-order valence-corrected chi connectivity index (χ4v) is 2.40. The molecule has 1 heterocycles. The Morgan fingerprint density at radius 3 is 2.83 bits per heavy atom. The molecule has 1 saturated carbocycles. The molecule has 2 aromatic rings. The highest BCUT2D eigenvalue weighted by molar-refractivity contribution is 5.83. The molecule has 0 unspecified atom stereocenters. The molecule has 3 rings (SSSR count). The highest BCUT2D eigenvalue weighted by Crippen LogP contribution is 2.31. The Balaban J connectivity index is 1.98. The number of fused-ring (bicyclic) bond motifs is 1.